The lowest BCUT2D eigenvalue weighted by Gasteiger charge is -2.05. The molecule has 0 spiro atoms. The second-order valence-corrected chi connectivity index (χ2v) is 4.20. The van der Waals surface area contributed by atoms with E-state index < -0.39 is 0 Å². The standard InChI is InChI=1S/C12H10ClNS/c13-10-3-1-2-8(6-10)9-4-5-12(15)11(14)7-9/h1-7,15H,14H2. The highest BCUT2D eigenvalue weighted by molar-refractivity contribution is 7.80. The summed E-state index contributed by atoms with van der Waals surface area (Å²) in [6.07, 6.45) is 0. The zero-order chi connectivity index (χ0) is 10.8. The summed E-state index contributed by atoms with van der Waals surface area (Å²) in [6, 6.07) is 13.4. The average molecular weight is 236 g/mol. The third kappa shape index (κ3) is 2.28. The molecule has 0 aromatic heterocycles. The number of thiol groups is 1. The topological polar surface area (TPSA) is 26.0 Å². The molecular formula is C12H10ClNS. The molecule has 2 N–H and O–H groups in total. The molecule has 0 bridgehead atoms. The molecule has 3 heteroatoms. The van der Waals surface area contributed by atoms with Gasteiger partial charge in [0.05, 0.1) is 0 Å². The molecule has 1 nitrogen and oxygen atoms in total. The van der Waals surface area contributed by atoms with Crippen LogP contribution in [-0.2, 0) is 0 Å². The quantitative estimate of drug-likeness (QED) is 0.570. The SMILES string of the molecule is Nc1cc(-c2cccc(Cl)c2)ccc1S. The number of hydrogen-bond acceptors (Lipinski definition) is 2. The molecule has 0 saturated carbocycles. The first-order chi connectivity index (χ1) is 7.16. The van der Waals surface area contributed by atoms with Gasteiger partial charge in [0.1, 0.15) is 0 Å². The normalized spacial score (nSPS) is 10.3. The lowest BCUT2D eigenvalue weighted by atomic mass is 10.1. The largest absolute Gasteiger partial charge is 0.398 e. The summed E-state index contributed by atoms with van der Waals surface area (Å²) in [5.41, 5.74) is 8.57. The minimum Gasteiger partial charge on any atom is -0.398 e. The van der Waals surface area contributed by atoms with Gasteiger partial charge in [-0.25, -0.2) is 0 Å². The number of nitrogen functional groups attached to an aromatic ring is 1. The summed E-state index contributed by atoms with van der Waals surface area (Å²) >= 11 is 10.1. The van der Waals surface area contributed by atoms with Gasteiger partial charge in [0.15, 0.2) is 0 Å². The van der Waals surface area contributed by atoms with Crippen molar-refractivity contribution in [2.75, 3.05) is 5.73 Å². The van der Waals surface area contributed by atoms with Gasteiger partial charge in [0.2, 0.25) is 0 Å². The highest BCUT2D eigenvalue weighted by Gasteiger charge is 2.00. The summed E-state index contributed by atoms with van der Waals surface area (Å²) in [5.74, 6) is 0. The maximum absolute atomic E-state index is 5.92. The Kier molecular flexibility index (Phi) is 2.89. The smallest absolute Gasteiger partial charge is 0.0455 e. The Labute approximate surface area is 99.3 Å². The predicted molar refractivity (Wildman–Crippen MR) is 68.6 cm³/mol. The van der Waals surface area contributed by atoms with Crippen LogP contribution >= 0.6 is 24.2 Å². The van der Waals surface area contributed by atoms with Crippen molar-refractivity contribution >= 4 is 29.9 Å². The molecule has 0 fully saturated rings. The third-order valence-corrected chi connectivity index (χ3v) is 2.83. The maximum Gasteiger partial charge on any atom is 0.0455 e. The van der Waals surface area contributed by atoms with E-state index in [1.807, 2.05) is 42.5 Å². The first kappa shape index (κ1) is 10.4. The fourth-order valence-corrected chi connectivity index (χ4v) is 1.73. The van der Waals surface area contributed by atoms with Gasteiger partial charge < -0.3 is 5.73 Å². The monoisotopic (exact) mass is 235 g/mol. The molecule has 0 atom stereocenters. The van der Waals surface area contributed by atoms with Crippen LogP contribution in [0.1, 0.15) is 0 Å². The second kappa shape index (κ2) is 4.17. The van der Waals surface area contributed by atoms with Gasteiger partial charge in [0, 0.05) is 15.6 Å². The van der Waals surface area contributed by atoms with E-state index in [1.165, 1.54) is 0 Å². The summed E-state index contributed by atoms with van der Waals surface area (Å²) in [6.45, 7) is 0. The van der Waals surface area contributed by atoms with Crippen LogP contribution < -0.4 is 5.73 Å². The molecule has 2 aromatic rings. The zero-order valence-electron chi connectivity index (χ0n) is 7.94. The average Bonchev–Trinajstić information content (AvgIpc) is 2.22. The van der Waals surface area contributed by atoms with E-state index in [0.717, 1.165) is 21.0 Å². The first-order valence-electron chi connectivity index (χ1n) is 4.51. The van der Waals surface area contributed by atoms with E-state index >= 15 is 0 Å². The van der Waals surface area contributed by atoms with E-state index in [1.54, 1.807) is 0 Å². The molecule has 76 valence electrons. The van der Waals surface area contributed by atoms with Gasteiger partial charge in [-0.3, -0.25) is 0 Å². The Hall–Kier alpha value is -1.12. The molecule has 0 heterocycles. The van der Waals surface area contributed by atoms with E-state index in [9.17, 15) is 0 Å². The summed E-state index contributed by atoms with van der Waals surface area (Å²) in [4.78, 5) is 0.792. The van der Waals surface area contributed by atoms with Gasteiger partial charge in [0.25, 0.3) is 0 Å². The van der Waals surface area contributed by atoms with E-state index in [-0.39, 0.29) is 0 Å². The maximum atomic E-state index is 5.92. The van der Waals surface area contributed by atoms with Gasteiger partial charge in [-0.15, -0.1) is 12.6 Å². The molecule has 0 unspecified atom stereocenters. The van der Waals surface area contributed by atoms with Crippen LogP contribution in [-0.4, -0.2) is 0 Å². The molecule has 0 aliphatic rings. The third-order valence-electron chi connectivity index (χ3n) is 2.19. The number of anilines is 1. The van der Waals surface area contributed by atoms with Crippen LogP contribution in [0.5, 0.6) is 0 Å². The molecular weight excluding hydrogens is 226 g/mol. The number of hydrogen-bond donors (Lipinski definition) is 2. The lowest BCUT2D eigenvalue weighted by Crippen LogP contribution is -1.87. The Morgan fingerprint density at radius 2 is 1.73 bits per heavy atom. The number of benzene rings is 2. The van der Waals surface area contributed by atoms with Crippen molar-refractivity contribution in [2.24, 2.45) is 0 Å². The Morgan fingerprint density at radius 3 is 2.40 bits per heavy atom. The lowest BCUT2D eigenvalue weighted by molar-refractivity contribution is 1.47. The van der Waals surface area contributed by atoms with Crippen molar-refractivity contribution in [3.63, 3.8) is 0 Å². The molecule has 0 amide bonds. The number of rotatable bonds is 1. The van der Waals surface area contributed by atoms with Gasteiger partial charge in [-0.1, -0.05) is 29.8 Å². The molecule has 15 heavy (non-hydrogen) atoms. The van der Waals surface area contributed by atoms with Crippen LogP contribution in [0.3, 0.4) is 0 Å². The van der Waals surface area contributed by atoms with Crippen molar-refractivity contribution in [1.29, 1.82) is 0 Å². The molecule has 0 radical (unpaired) electrons. The van der Waals surface area contributed by atoms with Crippen LogP contribution in [0, 0.1) is 0 Å². The van der Waals surface area contributed by atoms with E-state index in [0.29, 0.717) is 5.69 Å². The van der Waals surface area contributed by atoms with Crippen molar-refractivity contribution in [3.05, 3.63) is 47.5 Å². The van der Waals surface area contributed by atoms with Crippen LogP contribution in [0.2, 0.25) is 5.02 Å². The van der Waals surface area contributed by atoms with Crippen molar-refractivity contribution in [2.45, 2.75) is 4.90 Å². The highest BCUT2D eigenvalue weighted by Crippen LogP contribution is 2.27. The Morgan fingerprint density at radius 1 is 1.00 bits per heavy atom. The van der Waals surface area contributed by atoms with Gasteiger partial charge in [-0.2, -0.15) is 0 Å². The van der Waals surface area contributed by atoms with Crippen LogP contribution in [0.15, 0.2) is 47.4 Å². The fraction of sp³-hybridized carbons (Fsp3) is 0. The number of nitrogens with two attached hydrogens (primary N) is 1. The van der Waals surface area contributed by atoms with E-state index in [2.05, 4.69) is 12.6 Å². The van der Waals surface area contributed by atoms with Crippen molar-refractivity contribution in [3.8, 4) is 11.1 Å². The Bertz CT molecular complexity index is 497. The first-order valence-corrected chi connectivity index (χ1v) is 5.34. The van der Waals surface area contributed by atoms with Crippen LogP contribution in [0.25, 0.3) is 11.1 Å². The molecule has 0 aliphatic carbocycles. The molecule has 2 aromatic carbocycles. The Balaban J connectivity index is 2.50. The summed E-state index contributed by atoms with van der Waals surface area (Å²) in [7, 11) is 0. The minimum atomic E-state index is 0.677. The molecule has 0 saturated heterocycles. The summed E-state index contributed by atoms with van der Waals surface area (Å²) in [5, 5.41) is 0.723. The summed E-state index contributed by atoms with van der Waals surface area (Å²) < 4.78 is 0. The van der Waals surface area contributed by atoms with Crippen molar-refractivity contribution < 1.29 is 0 Å². The highest BCUT2D eigenvalue weighted by atomic mass is 35.5. The second-order valence-electron chi connectivity index (χ2n) is 3.28. The predicted octanol–water partition coefficient (Wildman–Crippen LogP) is 3.88. The zero-order valence-corrected chi connectivity index (χ0v) is 9.59. The molecule has 2 rings (SSSR count). The van der Waals surface area contributed by atoms with E-state index in [4.69, 9.17) is 17.3 Å². The van der Waals surface area contributed by atoms with Crippen molar-refractivity contribution in [1.82, 2.24) is 0 Å². The van der Waals surface area contributed by atoms with Gasteiger partial charge in [-0.05, 0) is 35.4 Å². The van der Waals surface area contributed by atoms with Crippen LogP contribution in [0.4, 0.5) is 5.69 Å². The number of halogens is 1. The molecule has 0 aliphatic heterocycles. The fourth-order valence-electron chi connectivity index (χ4n) is 1.40. The minimum absolute atomic E-state index is 0.677. The van der Waals surface area contributed by atoms with Gasteiger partial charge >= 0.3 is 0 Å².